The smallest absolute Gasteiger partial charge is 0.354 e. The Hall–Kier alpha value is -2.38. The summed E-state index contributed by atoms with van der Waals surface area (Å²) in [5.74, 6) is -1.89. The summed E-state index contributed by atoms with van der Waals surface area (Å²) in [4.78, 5) is 43.0. The summed E-state index contributed by atoms with van der Waals surface area (Å²) in [6.45, 7) is 0.933. The molecule has 8 heteroatoms. The molecule has 2 amide bonds. The Kier molecular flexibility index (Phi) is 2.92. The molecule has 2 unspecified atom stereocenters. The van der Waals surface area contributed by atoms with Gasteiger partial charge in [0.1, 0.15) is 0 Å². The molecule has 2 atom stereocenters. The van der Waals surface area contributed by atoms with Crippen LogP contribution in [0.5, 0.6) is 0 Å². The Bertz CT molecular complexity index is 582. The fraction of sp³-hybridized carbons (Fsp3) is 0.500. The van der Waals surface area contributed by atoms with E-state index in [1.54, 1.807) is 4.90 Å². The van der Waals surface area contributed by atoms with Gasteiger partial charge in [-0.2, -0.15) is 0 Å². The van der Waals surface area contributed by atoms with E-state index in [0.717, 1.165) is 12.8 Å². The van der Waals surface area contributed by atoms with Gasteiger partial charge in [0.25, 0.3) is 5.91 Å². The Labute approximate surface area is 114 Å². The quantitative estimate of drug-likeness (QED) is 0.672. The van der Waals surface area contributed by atoms with Gasteiger partial charge in [0.15, 0.2) is 11.4 Å². The van der Waals surface area contributed by atoms with Gasteiger partial charge in [0, 0.05) is 13.1 Å². The van der Waals surface area contributed by atoms with Crippen molar-refractivity contribution in [2.75, 3.05) is 13.1 Å². The molecule has 2 aliphatic heterocycles. The molecule has 3 N–H and O–H groups in total. The van der Waals surface area contributed by atoms with Crippen molar-refractivity contribution in [3.8, 4) is 0 Å². The molecule has 106 valence electrons. The largest absolute Gasteiger partial charge is 0.477 e. The molecule has 0 spiro atoms. The van der Waals surface area contributed by atoms with Gasteiger partial charge in [0.2, 0.25) is 5.91 Å². The molecule has 2 fully saturated rings. The summed E-state index contributed by atoms with van der Waals surface area (Å²) < 4.78 is 0. The van der Waals surface area contributed by atoms with Crippen LogP contribution in [0.1, 0.15) is 33.8 Å². The minimum absolute atomic E-state index is 0.0343. The Morgan fingerprint density at radius 3 is 3.00 bits per heavy atom. The number of nitrogens with one attached hydrogen (secondary N) is 2. The number of nitrogens with zero attached hydrogens (tertiary/aromatic N) is 2. The SMILES string of the molecule is O=C(O)c1[nH]cnc1C(=O)N1CCCC2C(=O)NCC21. The molecular formula is C12H14N4O4. The Balaban J connectivity index is 1.88. The number of piperidine rings is 1. The Morgan fingerprint density at radius 1 is 1.45 bits per heavy atom. The van der Waals surface area contributed by atoms with Crippen LogP contribution in [-0.2, 0) is 4.79 Å². The molecule has 8 nitrogen and oxygen atoms in total. The zero-order valence-corrected chi connectivity index (χ0v) is 10.6. The van der Waals surface area contributed by atoms with Crippen molar-refractivity contribution in [1.82, 2.24) is 20.2 Å². The number of aromatic carboxylic acids is 1. The zero-order valence-electron chi connectivity index (χ0n) is 10.6. The standard InChI is InChI=1S/C12H14N4O4/c17-10-6-2-1-3-16(7(6)4-13-10)11(18)8-9(12(19)20)15-5-14-8/h5-7H,1-4H2,(H,13,17)(H,14,15)(H,19,20). The van der Waals surface area contributed by atoms with Gasteiger partial charge >= 0.3 is 5.97 Å². The number of aromatic amines is 1. The third-order valence-electron chi connectivity index (χ3n) is 3.92. The maximum absolute atomic E-state index is 12.5. The van der Waals surface area contributed by atoms with E-state index in [0.29, 0.717) is 13.1 Å². The fourth-order valence-corrected chi connectivity index (χ4v) is 2.96. The first kappa shape index (κ1) is 12.6. The fourth-order valence-electron chi connectivity index (χ4n) is 2.96. The lowest BCUT2D eigenvalue weighted by molar-refractivity contribution is -0.123. The second kappa shape index (κ2) is 4.62. The van der Waals surface area contributed by atoms with Gasteiger partial charge in [-0.15, -0.1) is 0 Å². The molecule has 20 heavy (non-hydrogen) atoms. The number of carboxylic acids is 1. The van der Waals surface area contributed by atoms with E-state index in [1.165, 1.54) is 6.33 Å². The van der Waals surface area contributed by atoms with E-state index < -0.39 is 11.9 Å². The second-order valence-electron chi connectivity index (χ2n) is 4.99. The van der Waals surface area contributed by atoms with Crippen LogP contribution in [0.25, 0.3) is 0 Å². The molecule has 2 saturated heterocycles. The van der Waals surface area contributed by atoms with Crippen molar-refractivity contribution in [3.05, 3.63) is 17.7 Å². The predicted octanol–water partition coefficient (Wildman–Crippen LogP) is -0.541. The summed E-state index contributed by atoms with van der Waals surface area (Å²) in [5.41, 5.74) is -0.313. The van der Waals surface area contributed by atoms with E-state index in [-0.39, 0.29) is 29.3 Å². The first-order chi connectivity index (χ1) is 9.59. The summed E-state index contributed by atoms with van der Waals surface area (Å²) in [7, 11) is 0. The third kappa shape index (κ3) is 1.84. The average molecular weight is 278 g/mol. The van der Waals surface area contributed by atoms with Crippen molar-refractivity contribution < 1.29 is 19.5 Å². The maximum Gasteiger partial charge on any atom is 0.354 e. The highest BCUT2D eigenvalue weighted by Crippen LogP contribution is 2.28. The van der Waals surface area contributed by atoms with Crippen LogP contribution in [0.15, 0.2) is 6.33 Å². The number of carbonyl (C=O) groups is 3. The van der Waals surface area contributed by atoms with Gasteiger partial charge in [-0.25, -0.2) is 9.78 Å². The van der Waals surface area contributed by atoms with Crippen molar-refractivity contribution in [2.24, 2.45) is 5.92 Å². The number of amides is 2. The van der Waals surface area contributed by atoms with Crippen LogP contribution in [-0.4, -0.2) is 56.9 Å². The highest BCUT2D eigenvalue weighted by Gasteiger charge is 2.43. The van der Waals surface area contributed by atoms with Gasteiger partial charge < -0.3 is 20.3 Å². The van der Waals surface area contributed by atoms with Crippen LogP contribution in [0.3, 0.4) is 0 Å². The summed E-state index contributed by atoms with van der Waals surface area (Å²) >= 11 is 0. The number of imidazole rings is 1. The molecule has 1 aromatic rings. The van der Waals surface area contributed by atoms with Crippen LogP contribution in [0.2, 0.25) is 0 Å². The molecule has 0 radical (unpaired) electrons. The normalized spacial score (nSPS) is 25.2. The predicted molar refractivity (Wildman–Crippen MR) is 66.1 cm³/mol. The van der Waals surface area contributed by atoms with E-state index in [4.69, 9.17) is 5.11 Å². The van der Waals surface area contributed by atoms with Crippen LogP contribution < -0.4 is 5.32 Å². The number of hydrogen-bond donors (Lipinski definition) is 3. The molecule has 3 heterocycles. The molecule has 2 aliphatic rings. The number of likely N-dealkylation sites (tertiary alicyclic amines) is 1. The second-order valence-corrected chi connectivity index (χ2v) is 4.99. The van der Waals surface area contributed by atoms with Crippen molar-refractivity contribution in [1.29, 1.82) is 0 Å². The summed E-state index contributed by atoms with van der Waals surface area (Å²) in [6, 6.07) is -0.206. The number of aromatic nitrogens is 2. The van der Waals surface area contributed by atoms with E-state index in [9.17, 15) is 14.4 Å². The van der Waals surface area contributed by atoms with Crippen molar-refractivity contribution >= 4 is 17.8 Å². The lowest BCUT2D eigenvalue weighted by Crippen LogP contribution is -2.49. The van der Waals surface area contributed by atoms with E-state index in [2.05, 4.69) is 15.3 Å². The topological polar surface area (TPSA) is 115 Å². The Morgan fingerprint density at radius 2 is 2.25 bits per heavy atom. The number of rotatable bonds is 2. The number of carbonyl (C=O) groups excluding carboxylic acids is 2. The average Bonchev–Trinajstić information content (AvgIpc) is 3.05. The molecule has 0 aromatic carbocycles. The number of carboxylic acid groups (broad SMARTS) is 1. The van der Waals surface area contributed by atoms with Crippen LogP contribution in [0.4, 0.5) is 0 Å². The van der Waals surface area contributed by atoms with E-state index >= 15 is 0 Å². The molecule has 0 bridgehead atoms. The molecule has 3 rings (SSSR count). The minimum Gasteiger partial charge on any atom is -0.477 e. The highest BCUT2D eigenvalue weighted by atomic mass is 16.4. The van der Waals surface area contributed by atoms with Crippen molar-refractivity contribution in [3.63, 3.8) is 0 Å². The lowest BCUT2D eigenvalue weighted by atomic mass is 9.91. The molecule has 0 saturated carbocycles. The molecule has 0 aliphatic carbocycles. The highest BCUT2D eigenvalue weighted by molar-refractivity contribution is 6.02. The maximum atomic E-state index is 12.5. The number of fused-ring (bicyclic) bond motifs is 1. The van der Waals surface area contributed by atoms with Crippen LogP contribution in [0, 0.1) is 5.92 Å². The minimum atomic E-state index is -1.22. The zero-order chi connectivity index (χ0) is 14.3. The monoisotopic (exact) mass is 278 g/mol. The van der Waals surface area contributed by atoms with Gasteiger partial charge in [-0.1, -0.05) is 0 Å². The van der Waals surface area contributed by atoms with Crippen LogP contribution >= 0.6 is 0 Å². The van der Waals surface area contributed by atoms with Crippen molar-refractivity contribution in [2.45, 2.75) is 18.9 Å². The lowest BCUT2D eigenvalue weighted by Gasteiger charge is -2.35. The number of hydrogen-bond acceptors (Lipinski definition) is 4. The first-order valence-corrected chi connectivity index (χ1v) is 6.45. The number of H-pyrrole nitrogens is 1. The first-order valence-electron chi connectivity index (χ1n) is 6.45. The molecule has 1 aromatic heterocycles. The van der Waals surface area contributed by atoms with Gasteiger partial charge in [-0.3, -0.25) is 9.59 Å². The van der Waals surface area contributed by atoms with E-state index in [1.807, 2.05) is 0 Å². The molecular weight excluding hydrogens is 264 g/mol. The van der Waals surface area contributed by atoms with Gasteiger partial charge in [0.05, 0.1) is 18.3 Å². The summed E-state index contributed by atoms with van der Waals surface area (Å²) in [6.07, 6.45) is 2.68. The summed E-state index contributed by atoms with van der Waals surface area (Å²) in [5, 5.41) is 11.8. The third-order valence-corrected chi connectivity index (χ3v) is 3.92. The van der Waals surface area contributed by atoms with Gasteiger partial charge in [-0.05, 0) is 12.8 Å².